The first-order chi connectivity index (χ1) is 8.72. The summed E-state index contributed by atoms with van der Waals surface area (Å²) in [4.78, 5) is 0. The molecule has 1 aromatic rings. The Morgan fingerprint density at radius 1 is 1.39 bits per heavy atom. The Hall–Kier alpha value is -1.38. The molecule has 100 valence electrons. The van der Waals surface area contributed by atoms with E-state index in [4.69, 9.17) is 10.5 Å². The molecule has 0 amide bonds. The molecule has 0 heterocycles. The monoisotopic (exact) mass is 248 g/mol. The van der Waals surface area contributed by atoms with Gasteiger partial charge >= 0.3 is 0 Å². The van der Waals surface area contributed by atoms with E-state index in [1.165, 1.54) is 19.3 Å². The maximum Gasteiger partial charge on any atom is 0.144 e. The molecular formula is C15H24N2O. The Balaban J connectivity index is 1.98. The van der Waals surface area contributed by atoms with E-state index in [0.717, 1.165) is 35.5 Å². The highest BCUT2D eigenvalue weighted by molar-refractivity contribution is 5.72. The van der Waals surface area contributed by atoms with Gasteiger partial charge in [0.25, 0.3) is 0 Å². The molecule has 2 atom stereocenters. The predicted molar refractivity (Wildman–Crippen MR) is 77.0 cm³/mol. The fraction of sp³-hybridized carbons (Fsp3) is 0.600. The molecule has 1 aliphatic rings. The van der Waals surface area contributed by atoms with Gasteiger partial charge in [-0.05, 0) is 37.3 Å². The Morgan fingerprint density at radius 2 is 2.22 bits per heavy atom. The van der Waals surface area contributed by atoms with Crippen LogP contribution in [0.3, 0.4) is 0 Å². The van der Waals surface area contributed by atoms with Gasteiger partial charge in [0.1, 0.15) is 5.75 Å². The molecule has 0 radical (unpaired) electrons. The minimum absolute atomic E-state index is 0.646. The molecule has 0 bridgehead atoms. The topological polar surface area (TPSA) is 47.3 Å². The summed E-state index contributed by atoms with van der Waals surface area (Å²) in [6, 6.07) is 5.93. The van der Waals surface area contributed by atoms with Crippen molar-refractivity contribution in [2.45, 2.75) is 33.1 Å². The summed E-state index contributed by atoms with van der Waals surface area (Å²) in [6.07, 6.45) is 4.06. The summed E-state index contributed by atoms with van der Waals surface area (Å²) in [5, 5.41) is 3.48. The van der Waals surface area contributed by atoms with E-state index in [0.29, 0.717) is 6.61 Å². The van der Waals surface area contributed by atoms with Crippen molar-refractivity contribution in [1.82, 2.24) is 0 Å². The molecule has 3 nitrogen and oxygen atoms in total. The van der Waals surface area contributed by atoms with Gasteiger partial charge in [0, 0.05) is 6.54 Å². The molecule has 18 heavy (non-hydrogen) atoms. The van der Waals surface area contributed by atoms with Crippen LogP contribution in [0, 0.1) is 11.8 Å². The van der Waals surface area contributed by atoms with Crippen LogP contribution in [0.25, 0.3) is 0 Å². The zero-order chi connectivity index (χ0) is 13.0. The summed E-state index contributed by atoms with van der Waals surface area (Å²) in [5.41, 5.74) is 7.83. The third-order valence-electron chi connectivity index (χ3n) is 3.96. The second-order valence-electron chi connectivity index (χ2n) is 5.20. The molecule has 2 rings (SSSR count). The number of ether oxygens (including phenoxy) is 1. The number of anilines is 2. The fourth-order valence-electron chi connectivity index (χ4n) is 2.75. The molecule has 0 spiro atoms. The Kier molecular flexibility index (Phi) is 4.34. The molecule has 2 unspecified atom stereocenters. The quantitative estimate of drug-likeness (QED) is 0.784. The van der Waals surface area contributed by atoms with Crippen LogP contribution in [0.15, 0.2) is 18.2 Å². The van der Waals surface area contributed by atoms with E-state index >= 15 is 0 Å². The SMILES string of the molecule is CCOc1cccc(NCC2CCCC2C)c1N. The summed E-state index contributed by atoms with van der Waals surface area (Å²) in [6.45, 7) is 5.98. The lowest BCUT2D eigenvalue weighted by Gasteiger charge is -2.18. The van der Waals surface area contributed by atoms with Gasteiger partial charge < -0.3 is 15.8 Å². The average Bonchev–Trinajstić information content (AvgIpc) is 2.76. The molecule has 0 saturated heterocycles. The smallest absolute Gasteiger partial charge is 0.144 e. The van der Waals surface area contributed by atoms with Crippen molar-refractivity contribution in [2.24, 2.45) is 11.8 Å². The van der Waals surface area contributed by atoms with Crippen molar-refractivity contribution in [3.05, 3.63) is 18.2 Å². The lowest BCUT2D eigenvalue weighted by atomic mass is 9.98. The second-order valence-corrected chi connectivity index (χ2v) is 5.20. The van der Waals surface area contributed by atoms with Crippen LogP contribution in [0.1, 0.15) is 33.1 Å². The number of hydrogen-bond acceptors (Lipinski definition) is 3. The van der Waals surface area contributed by atoms with Gasteiger partial charge in [-0.3, -0.25) is 0 Å². The van der Waals surface area contributed by atoms with Gasteiger partial charge in [0.05, 0.1) is 18.0 Å². The average molecular weight is 248 g/mol. The highest BCUT2D eigenvalue weighted by Gasteiger charge is 2.23. The Bertz CT molecular complexity index is 392. The van der Waals surface area contributed by atoms with Gasteiger partial charge in [-0.2, -0.15) is 0 Å². The molecule has 0 aromatic heterocycles. The summed E-state index contributed by atoms with van der Waals surface area (Å²) in [5.74, 6) is 2.39. The maximum atomic E-state index is 6.10. The van der Waals surface area contributed by atoms with E-state index in [1.54, 1.807) is 0 Å². The van der Waals surface area contributed by atoms with Crippen molar-refractivity contribution in [3.8, 4) is 5.75 Å². The molecule has 1 saturated carbocycles. The third-order valence-corrected chi connectivity index (χ3v) is 3.96. The van der Waals surface area contributed by atoms with Crippen LogP contribution in [0.2, 0.25) is 0 Å². The van der Waals surface area contributed by atoms with E-state index in [1.807, 2.05) is 25.1 Å². The number of rotatable bonds is 5. The number of para-hydroxylation sites is 1. The van der Waals surface area contributed by atoms with Crippen LogP contribution in [0.5, 0.6) is 5.75 Å². The second kappa shape index (κ2) is 5.98. The maximum absolute atomic E-state index is 6.10. The van der Waals surface area contributed by atoms with Gasteiger partial charge in [-0.15, -0.1) is 0 Å². The first-order valence-electron chi connectivity index (χ1n) is 6.97. The molecule has 3 N–H and O–H groups in total. The minimum Gasteiger partial charge on any atom is -0.492 e. The van der Waals surface area contributed by atoms with Crippen molar-refractivity contribution < 1.29 is 4.74 Å². The number of nitrogen functional groups attached to an aromatic ring is 1. The van der Waals surface area contributed by atoms with E-state index < -0.39 is 0 Å². The molecule has 0 aliphatic heterocycles. The molecular weight excluding hydrogens is 224 g/mol. The number of benzene rings is 1. The highest BCUT2D eigenvalue weighted by Crippen LogP contribution is 2.33. The molecule has 1 aliphatic carbocycles. The van der Waals surface area contributed by atoms with Crippen LogP contribution >= 0.6 is 0 Å². The van der Waals surface area contributed by atoms with Crippen LogP contribution < -0.4 is 15.8 Å². The predicted octanol–water partition coefficient (Wildman–Crippen LogP) is 3.52. The number of nitrogens with two attached hydrogens (primary N) is 1. The van der Waals surface area contributed by atoms with E-state index in [2.05, 4.69) is 12.2 Å². The van der Waals surface area contributed by atoms with Crippen molar-refractivity contribution >= 4 is 11.4 Å². The van der Waals surface area contributed by atoms with Gasteiger partial charge in [0.2, 0.25) is 0 Å². The summed E-state index contributed by atoms with van der Waals surface area (Å²) >= 11 is 0. The largest absolute Gasteiger partial charge is 0.492 e. The third kappa shape index (κ3) is 2.89. The van der Waals surface area contributed by atoms with E-state index in [-0.39, 0.29) is 0 Å². The van der Waals surface area contributed by atoms with E-state index in [9.17, 15) is 0 Å². The van der Waals surface area contributed by atoms with Gasteiger partial charge in [-0.25, -0.2) is 0 Å². The van der Waals surface area contributed by atoms with Gasteiger partial charge in [0.15, 0.2) is 0 Å². The Morgan fingerprint density at radius 3 is 2.89 bits per heavy atom. The zero-order valence-corrected chi connectivity index (χ0v) is 11.4. The molecule has 1 fully saturated rings. The van der Waals surface area contributed by atoms with Crippen LogP contribution in [0.4, 0.5) is 11.4 Å². The zero-order valence-electron chi connectivity index (χ0n) is 11.4. The fourth-order valence-corrected chi connectivity index (χ4v) is 2.75. The first kappa shape index (κ1) is 13.1. The number of hydrogen-bond donors (Lipinski definition) is 2. The highest BCUT2D eigenvalue weighted by atomic mass is 16.5. The molecule has 3 heteroatoms. The van der Waals surface area contributed by atoms with Crippen molar-refractivity contribution in [1.29, 1.82) is 0 Å². The summed E-state index contributed by atoms with van der Waals surface area (Å²) < 4.78 is 5.51. The van der Waals surface area contributed by atoms with Crippen LogP contribution in [-0.4, -0.2) is 13.2 Å². The molecule has 1 aromatic carbocycles. The normalized spacial score (nSPS) is 23.0. The van der Waals surface area contributed by atoms with Crippen molar-refractivity contribution in [2.75, 3.05) is 24.2 Å². The Labute approximate surface area is 110 Å². The lowest BCUT2D eigenvalue weighted by Crippen LogP contribution is -2.17. The summed E-state index contributed by atoms with van der Waals surface area (Å²) in [7, 11) is 0. The van der Waals surface area contributed by atoms with Gasteiger partial charge in [-0.1, -0.05) is 25.8 Å². The number of nitrogens with one attached hydrogen (secondary N) is 1. The lowest BCUT2D eigenvalue weighted by molar-refractivity contribution is 0.342. The minimum atomic E-state index is 0.646. The van der Waals surface area contributed by atoms with Crippen molar-refractivity contribution in [3.63, 3.8) is 0 Å². The first-order valence-corrected chi connectivity index (χ1v) is 6.97. The van der Waals surface area contributed by atoms with Crippen LogP contribution in [-0.2, 0) is 0 Å². The standard InChI is InChI=1S/C15H24N2O/c1-3-18-14-9-5-8-13(15(14)16)17-10-12-7-4-6-11(12)2/h5,8-9,11-12,17H,3-4,6-7,10,16H2,1-2H3.